The van der Waals surface area contributed by atoms with E-state index in [2.05, 4.69) is 4.84 Å². The van der Waals surface area contributed by atoms with E-state index in [0.717, 1.165) is 19.1 Å². The fraction of sp³-hybridized carbons (Fsp3) is 0.111. The van der Waals surface area contributed by atoms with Gasteiger partial charge in [-0.15, -0.1) is 5.17 Å². The van der Waals surface area contributed by atoms with Crippen molar-refractivity contribution >= 4 is 28.8 Å². The Kier molecular flexibility index (Phi) is 4.27. The molecule has 0 saturated heterocycles. The Labute approximate surface area is 110 Å². The highest BCUT2D eigenvalue weighted by atomic mass is 16.7. The van der Waals surface area contributed by atoms with E-state index in [-0.39, 0.29) is 5.17 Å². The van der Waals surface area contributed by atoms with Crippen molar-refractivity contribution in [2.24, 2.45) is 5.84 Å². The Bertz CT molecular complexity index is 600. The minimum absolute atomic E-state index is 0.200. The summed E-state index contributed by atoms with van der Waals surface area (Å²) in [5.41, 5.74) is -1.71. The summed E-state index contributed by atoms with van der Waals surface area (Å²) in [5.74, 6) is 2.96. The van der Waals surface area contributed by atoms with Crippen LogP contribution in [0, 0.1) is 20.2 Å². The number of hydrogen-bond acceptors (Lipinski definition) is 9. The van der Waals surface area contributed by atoms with E-state index in [4.69, 9.17) is 5.84 Å². The maximum Gasteiger partial charge on any atom is 0.400 e. The molecule has 1 aromatic rings. The Hall–Kier alpha value is -3.08. The summed E-state index contributed by atoms with van der Waals surface area (Å²) in [7, 11) is 0. The van der Waals surface area contributed by atoms with E-state index < -0.39 is 38.7 Å². The summed E-state index contributed by atoms with van der Waals surface area (Å²) in [5, 5.41) is 21.5. The maximum atomic E-state index is 11.0. The lowest BCUT2D eigenvalue weighted by Crippen LogP contribution is -2.36. The molecule has 0 radical (unpaired) electrons. The number of hydrazine groups is 1. The number of nitro benzene ring substituents is 2. The fourth-order valence-corrected chi connectivity index (χ4v) is 1.16. The van der Waals surface area contributed by atoms with Crippen molar-refractivity contribution < 1.29 is 24.3 Å². The van der Waals surface area contributed by atoms with Gasteiger partial charge in [-0.25, -0.2) is 10.6 Å². The van der Waals surface area contributed by atoms with Gasteiger partial charge < -0.3 is 4.84 Å². The van der Waals surface area contributed by atoms with E-state index in [9.17, 15) is 29.8 Å². The standard InChI is InChI=1S/C9H8N4O7/c1-5(14)9(15)20-11(10)7-3-2-6(12(16)17)4-8(7)13(18)19/h2-4H,10H2,1H3. The molecule has 0 aliphatic carbocycles. The van der Waals surface area contributed by atoms with E-state index >= 15 is 0 Å². The van der Waals surface area contributed by atoms with Crippen LogP contribution >= 0.6 is 0 Å². The first-order valence-electron chi connectivity index (χ1n) is 4.94. The Morgan fingerprint density at radius 2 is 1.85 bits per heavy atom. The number of carbonyl (C=O) groups excluding carboxylic acids is 2. The third kappa shape index (κ3) is 3.23. The smallest absolute Gasteiger partial charge is 0.316 e. The maximum absolute atomic E-state index is 11.0. The predicted molar refractivity (Wildman–Crippen MR) is 63.2 cm³/mol. The van der Waals surface area contributed by atoms with Gasteiger partial charge in [0.15, 0.2) is 5.69 Å². The van der Waals surface area contributed by atoms with Crippen LogP contribution in [0.4, 0.5) is 17.1 Å². The van der Waals surface area contributed by atoms with Crippen LogP contribution in [0.15, 0.2) is 18.2 Å². The fourth-order valence-electron chi connectivity index (χ4n) is 1.16. The van der Waals surface area contributed by atoms with Crippen molar-refractivity contribution in [1.29, 1.82) is 0 Å². The van der Waals surface area contributed by atoms with Gasteiger partial charge in [-0.05, 0) is 6.07 Å². The van der Waals surface area contributed by atoms with E-state index in [1.165, 1.54) is 0 Å². The lowest BCUT2D eigenvalue weighted by molar-refractivity contribution is -0.393. The second kappa shape index (κ2) is 5.71. The third-order valence-electron chi connectivity index (χ3n) is 2.07. The molecule has 0 heterocycles. The van der Waals surface area contributed by atoms with Crippen LogP contribution in [0.5, 0.6) is 0 Å². The van der Waals surface area contributed by atoms with Crippen LogP contribution < -0.4 is 11.0 Å². The summed E-state index contributed by atoms with van der Waals surface area (Å²) in [4.78, 5) is 45.6. The molecule has 1 aromatic carbocycles. The zero-order valence-electron chi connectivity index (χ0n) is 10.0. The minimum Gasteiger partial charge on any atom is -0.316 e. The SMILES string of the molecule is CC(=O)C(=O)ON(N)c1ccc([N+](=O)[O-])cc1[N+](=O)[O-]. The molecule has 0 saturated carbocycles. The molecule has 1 rings (SSSR count). The lowest BCUT2D eigenvalue weighted by Gasteiger charge is -2.15. The Morgan fingerprint density at radius 1 is 1.25 bits per heavy atom. The molecule has 0 fully saturated rings. The van der Waals surface area contributed by atoms with Gasteiger partial charge in [-0.2, -0.15) is 0 Å². The molecule has 0 amide bonds. The summed E-state index contributed by atoms with van der Waals surface area (Å²) in [6.45, 7) is 0.917. The van der Waals surface area contributed by atoms with Gasteiger partial charge in [-0.3, -0.25) is 25.0 Å². The van der Waals surface area contributed by atoms with Crippen LogP contribution in [0.25, 0.3) is 0 Å². The van der Waals surface area contributed by atoms with Crippen LogP contribution in [0.3, 0.4) is 0 Å². The quantitative estimate of drug-likeness (QED) is 0.345. The van der Waals surface area contributed by atoms with Gasteiger partial charge in [0.1, 0.15) is 0 Å². The van der Waals surface area contributed by atoms with Crippen molar-refractivity contribution in [3.05, 3.63) is 38.4 Å². The topological polar surface area (TPSA) is 159 Å². The Morgan fingerprint density at radius 3 is 2.30 bits per heavy atom. The van der Waals surface area contributed by atoms with Crippen molar-refractivity contribution in [3.63, 3.8) is 0 Å². The van der Waals surface area contributed by atoms with Crippen molar-refractivity contribution in [2.45, 2.75) is 6.92 Å². The number of ketones is 1. The van der Waals surface area contributed by atoms with Gasteiger partial charge in [0, 0.05) is 13.0 Å². The summed E-state index contributed by atoms with van der Waals surface area (Å²) >= 11 is 0. The molecule has 20 heavy (non-hydrogen) atoms. The lowest BCUT2D eigenvalue weighted by atomic mass is 10.2. The molecular weight excluding hydrogens is 276 g/mol. The number of anilines is 1. The second-order valence-electron chi connectivity index (χ2n) is 3.45. The molecule has 0 spiro atoms. The van der Waals surface area contributed by atoms with E-state index in [1.54, 1.807) is 0 Å². The van der Waals surface area contributed by atoms with E-state index in [0.29, 0.717) is 6.07 Å². The average Bonchev–Trinajstić information content (AvgIpc) is 2.37. The highest BCUT2D eigenvalue weighted by molar-refractivity contribution is 6.32. The molecule has 106 valence electrons. The molecule has 0 unspecified atom stereocenters. The molecule has 0 aliphatic rings. The molecule has 11 heteroatoms. The number of nitro groups is 2. The minimum atomic E-state index is -1.33. The molecular formula is C9H8N4O7. The van der Waals surface area contributed by atoms with E-state index in [1.807, 2.05) is 0 Å². The predicted octanol–water partition coefficient (Wildman–Crippen LogP) is 0.230. The number of carbonyl (C=O) groups is 2. The van der Waals surface area contributed by atoms with Crippen LogP contribution in [0.1, 0.15) is 6.92 Å². The first-order valence-corrected chi connectivity index (χ1v) is 4.94. The monoisotopic (exact) mass is 284 g/mol. The van der Waals surface area contributed by atoms with Gasteiger partial charge in [0.05, 0.1) is 15.9 Å². The van der Waals surface area contributed by atoms with Gasteiger partial charge in [-0.1, -0.05) is 0 Å². The molecule has 2 N–H and O–H groups in total. The zero-order chi connectivity index (χ0) is 15.4. The number of nitrogens with two attached hydrogens (primary N) is 1. The number of rotatable bonds is 5. The number of benzene rings is 1. The second-order valence-corrected chi connectivity index (χ2v) is 3.45. The van der Waals surface area contributed by atoms with Gasteiger partial charge in [0.2, 0.25) is 5.78 Å². The largest absolute Gasteiger partial charge is 0.400 e. The molecule has 0 bridgehead atoms. The van der Waals surface area contributed by atoms with Crippen LogP contribution in [-0.4, -0.2) is 21.6 Å². The zero-order valence-corrected chi connectivity index (χ0v) is 10.0. The van der Waals surface area contributed by atoms with Crippen LogP contribution in [-0.2, 0) is 14.4 Å². The third-order valence-corrected chi connectivity index (χ3v) is 2.07. The first kappa shape index (κ1) is 15.0. The molecule has 0 atom stereocenters. The van der Waals surface area contributed by atoms with Gasteiger partial charge >= 0.3 is 11.7 Å². The number of Topliss-reactive ketones (excluding diaryl/α,β-unsaturated/α-hetero) is 1. The number of nitrogens with zero attached hydrogens (tertiary/aromatic N) is 3. The number of non-ortho nitro benzene ring substituents is 1. The molecule has 0 aliphatic heterocycles. The molecule has 11 nitrogen and oxygen atoms in total. The Balaban J connectivity index is 3.17. The average molecular weight is 284 g/mol. The summed E-state index contributed by atoms with van der Waals surface area (Å²) < 4.78 is 0. The van der Waals surface area contributed by atoms with Crippen molar-refractivity contribution in [1.82, 2.24) is 0 Å². The van der Waals surface area contributed by atoms with Crippen molar-refractivity contribution in [3.8, 4) is 0 Å². The number of hydrogen-bond donors (Lipinski definition) is 1. The summed E-state index contributed by atoms with van der Waals surface area (Å²) in [6.07, 6.45) is 0. The van der Waals surface area contributed by atoms with Crippen LogP contribution in [0.2, 0.25) is 0 Å². The highest BCUT2D eigenvalue weighted by Gasteiger charge is 2.25. The van der Waals surface area contributed by atoms with Crippen molar-refractivity contribution in [2.75, 3.05) is 5.17 Å². The first-order chi connectivity index (χ1) is 9.23. The highest BCUT2D eigenvalue weighted by Crippen LogP contribution is 2.30. The molecule has 0 aromatic heterocycles. The van der Waals surface area contributed by atoms with Gasteiger partial charge in [0.25, 0.3) is 5.69 Å². The normalized spacial score (nSPS) is 9.70. The summed E-state index contributed by atoms with van der Waals surface area (Å²) in [6, 6.07) is 2.50.